The maximum Gasteiger partial charge on any atom is 0.123 e. The molecule has 0 aromatic heterocycles. The summed E-state index contributed by atoms with van der Waals surface area (Å²) in [6, 6.07) is 9.21. The third-order valence-corrected chi connectivity index (χ3v) is 5.48. The van der Waals surface area contributed by atoms with E-state index >= 15 is 0 Å². The molecule has 0 heterocycles. The quantitative estimate of drug-likeness (QED) is 0.891. The smallest absolute Gasteiger partial charge is 0.123 e. The minimum atomic E-state index is 0.402. The fourth-order valence-electron chi connectivity index (χ4n) is 4.24. The Morgan fingerprint density at radius 1 is 1.20 bits per heavy atom. The fraction of sp³-hybridized carbons (Fsp3) is 0.667. The summed E-state index contributed by atoms with van der Waals surface area (Å²) < 4.78 is 6.47. The molecule has 1 aromatic carbocycles. The van der Waals surface area contributed by atoms with Crippen LogP contribution in [0.25, 0.3) is 0 Å². The minimum Gasteiger partial charge on any atom is -0.489 e. The third kappa shape index (κ3) is 2.14. The molecule has 2 atom stereocenters. The first-order valence-corrected chi connectivity index (χ1v) is 8.10. The molecule has 2 unspecified atom stereocenters. The second kappa shape index (κ2) is 5.40. The van der Waals surface area contributed by atoms with E-state index in [1.165, 1.54) is 31.2 Å². The van der Waals surface area contributed by atoms with Gasteiger partial charge in [-0.15, -0.1) is 0 Å². The maximum absolute atomic E-state index is 6.47. The van der Waals surface area contributed by atoms with Crippen molar-refractivity contribution in [1.82, 2.24) is 5.32 Å². The Kier molecular flexibility index (Phi) is 3.76. The van der Waals surface area contributed by atoms with Crippen molar-refractivity contribution in [3.63, 3.8) is 0 Å². The first-order chi connectivity index (χ1) is 9.67. The van der Waals surface area contributed by atoms with Crippen molar-refractivity contribution in [2.45, 2.75) is 64.0 Å². The van der Waals surface area contributed by atoms with Crippen molar-refractivity contribution >= 4 is 0 Å². The normalized spacial score (nSPS) is 27.8. The molecule has 0 radical (unpaired) electrons. The Hall–Kier alpha value is -1.02. The SMILES string of the molecule is CNC1CC(Oc2ccccc2C(C)C)C12CCCC2. The van der Waals surface area contributed by atoms with Crippen LogP contribution in [-0.2, 0) is 0 Å². The molecule has 110 valence electrons. The molecule has 1 aromatic rings. The summed E-state index contributed by atoms with van der Waals surface area (Å²) in [5.74, 6) is 1.62. The first kappa shape index (κ1) is 13.9. The van der Waals surface area contributed by atoms with E-state index in [4.69, 9.17) is 4.74 Å². The summed E-state index contributed by atoms with van der Waals surface area (Å²) in [4.78, 5) is 0. The lowest BCUT2D eigenvalue weighted by molar-refractivity contribution is -0.0740. The number of benzene rings is 1. The largest absolute Gasteiger partial charge is 0.489 e. The molecule has 1 spiro atoms. The predicted octanol–water partition coefficient (Wildman–Crippen LogP) is 4.11. The molecular weight excluding hydrogens is 246 g/mol. The van der Waals surface area contributed by atoms with Crippen molar-refractivity contribution in [2.75, 3.05) is 7.05 Å². The summed E-state index contributed by atoms with van der Waals surface area (Å²) in [7, 11) is 2.10. The van der Waals surface area contributed by atoms with Gasteiger partial charge in [-0.25, -0.2) is 0 Å². The molecule has 0 amide bonds. The lowest BCUT2D eigenvalue weighted by atomic mass is 9.60. The number of rotatable bonds is 4. The van der Waals surface area contributed by atoms with Crippen molar-refractivity contribution in [3.8, 4) is 5.75 Å². The van der Waals surface area contributed by atoms with E-state index in [0.29, 0.717) is 23.5 Å². The molecule has 2 fully saturated rings. The highest BCUT2D eigenvalue weighted by Gasteiger charge is 2.57. The summed E-state index contributed by atoms with van der Waals surface area (Å²) in [6.45, 7) is 4.48. The molecule has 20 heavy (non-hydrogen) atoms. The number of hydrogen-bond donors (Lipinski definition) is 1. The van der Waals surface area contributed by atoms with Crippen LogP contribution in [0.2, 0.25) is 0 Å². The number of hydrogen-bond acceptors (Lipinski definition) is 2. The Balaban J connectivity index is 1.79. The standard InChI is InChI=1S/C18H27NO/c1-13(2)14-8-4-5-9-15(14)20-17-12-16(19-3)18(17)10-6-7-11-18/h4-5,8-9,13,16-17,19H,6-7,10-12H2,1-3H3. The van der Waals surface area contributed by atoms with Gasteiger partial charge >= 0.3 is 0 Å². The third-order valence-electron chi connectivity index (χ3n) is 5.48. The van der Waals surface area contributed by atoms with Crippen LogP contribution in [0.15, 0.2) is 24.3 Å². The molecule has 2 aliphatic carbocycles. The van der Waals surface area contributed by atoms with Gasteiger partial charge in [0.05, 0.1) is 0 Å². The zero-order chi connectivity index (χ0) is 14.2. The Labute approximate surface area is 122 Å². The van der Waals surface area contributed by atoms with E-state index in [9.17, 15) is 0 Å². The highest BCUT2D eigenvalue weighted by molar-refractivity contribution is 5.36. The van der Waals surface area contributed by atoms with Crippen molar-refractivity contribution in [3.05, 3.63) is 29.8 Å². The van der Waals surface area contributed by atoms with Gasteiger partial charge in [0.15, 0.2) is 0 Å². The van der Waals surface area contributed by atoms with E-state index in [-0.39, 0.29) is 0 Å². The van der Waals surface area contributed by atoms with Gasteiger partial charge in [-0.05, 0) is 37.4 Å². The molecule has 2 nitrogen and oxygen atoms in total. The second-order valence-electron chi connectivity index (χ2n) is 6.82. The van der Waals surface area contributed by atoms with Crippen LogP contribution < -0.4 is 10.1 Å². The molecule has 2 aliphatic rings. The molecule has 1 N–H and O–H groups in total. The minimum absolute atomic E-state index is 0.402. The monoisotopic (exact) mass is 273 g/mol. The van der Waals surface area contributed by atoms with Gasteiger partial charge in [-0.3, -0.25) is 0 Å². The van der Waals surface area contributed by atoms with E-state index in [0.717, 1.165) is 12.2 Å². The number of para-hydroxylation sites is 1. The van der Waals surface area contributed by atoms with Gasteiger partial charge in [0.1, 0.15) is 11.9 Å². The van der Waals surface area contributed by atoms with Crippen LogP contribution in [0.3, 0.4) is 0 Å². The Morgan fingerprint density at radius 3 is 2.55 bits per heavy atom. The summed E-state index contributed by atoms with van der Waals surface area (Å²) in [5.41, 5.74) is 1.74. The van der Waals surface area contributed by atoms with Crippen LogP contribution in [0.1, 0.15) is 57.4 Å². The molecule has 3 rings (SSSR count). The summed E-state index contributed by atoms with van der Waals surface area (Å²) >= 11 is 0. The zero-order valence-corrected chi connectivity index (χ0v) is 13.0. The van der Waals surface area contributed by atoms with Crippen LogP contribution in [0.5, 0.6) is 5.75 Å². The average Bonchev–Trinajstić information content (AvgIpc) is 2.95. The van der Waals surface area contributed by atoms with Gasteiger partial charge in [-0.2, -0.15) is 0 Å². The van der Waals surface area contributed by atoms with Crippen molar-refractivity contribution in [2.24, 2.45) is 5.41 Å². The highest BCUT2D eigenvalue weighted by Crippen LogP contribution is 2.54. The predicted molar refractivity (Wildman–Crippen MR) is 83.3 cm³/mol. The summed E-state index contributed by atoms with van der Waals surface area (Å²) in [6.07, 6.45) is 6.94. The first-order valence-electron chi connectivity index (χ1n) is 8.10. The van der Waals surface area contributed by atoms with E-state index in [1.54, 1.807) is 0 Å². The van der Waals surface area contributed by atoms with E-state index in [1.807, 2.05) is 0 Å². The average molecular weight is 273 g/mol. The van der Waals surface area contributed by atoms with Crippen LogP contribution >= 0.6 is 0 Å². The molecule has 2 saturated carbocycles. The van der Waals surface area contributed by atoms with Gasteiger partial charge in [0.25, 0.3) is 0 Å². The highest BCUT2D eigenvalue weighted by atomic mass is 16.5. The van der Waals surface area contributed by atoms with Crippen LogP contribution in [0.4, 0.5) is 0 Å². The van der Waals surface area contributed by atoms with Gasteiger partial charge in [0.2, 0.25) is 0 Å². The van der Waals surface area contributed by atoms with Gasteiger partial charge in [0, 0.05) is 17.9 Å². The van der Waals surface area contributed by atoms with Gasteiger partial charge < -0.3 is 10.1 Å². The Bertz CT molecular complexity index is 462. The van der Waals surface area contributed by atoms with E-state index in [2.05, 4.69) is 50.5 Å². The molecular formula is C18H27NO. The topological polar surface area (TPSA) is 21.3 Å². The molecule has 0 saturated heterocycles. The van der Waals surface area contributed by atoms with Gasteiger partial charge in [-0.1, -0.05) is 44.9 Å². The molecule has 0 bridgehead atoms. The fourth-order valence-corrected chi connectivity index (χ4v) is 4.24. The zero-order valence-electron chi connectivity index (χ0n) is 13.0. The maximum atomic E-state index is 6.47. The second-order valence-corrected chi connectivity index (χ2v) is 6.82. The Morgan fingerprint density at radius 2 is 1.90 bits per heavy atom. The lowest BCUT2D eigenvalue weighted by Crippen LogP contribution is -2.63. The summed E-state index contributed by atoms with van der Waals surface area (Å²) in [5, 5.41) is 3.51. The molecule has 2 heteroatoms. The number of nitrogens with one attached hydrogen (secondary N) is 1. The number of ether oxygens (including phenoxy) is 1. The van der Waals surface area contributed by atoms with Crippen molar-refractivity contribution < 1.29 is 4.74 Å². The van der Waals surface area contributed by atoms with Crippen LogP contribution in [0, 0.1) is 5.41 Å². The van der Waals surface area contributed by atoms with Crippen molar-refractivity contribution in [1.29, 1.82) is 0 Å². The molecule has 0 aliphatic heterocycles. The lowest BCUT2D eigenvalue weighted by Gasteiger charge is -2.53. The van der Waals surface area contributed by atoms with Crippen LogP contribution in [-0.4, -0.2) is 19.2 Å². The van der Waals surface area contributed by atoms with E-state index < -0.39 is 0 Å².